The minimum atomic E-state index is -0.469. The third-order valence-electron chi connectivity index (χ3n) is 3.20. The number of carbonyl (C=O) groups is 1. The van der Waals surface area contributed by atoms with E-state index in [1.807, 2.05) is 0 Å². The van der Waals surface area contributed by atoms with Crippen molar-refractivity contribution in [1.82, 2.24) is 10.2 Å². The number of rotatable bonds is 8. The van der Waals surface area contributed by atoms with E-state index in [9.17, 15) is 9.18 Å². The number of unbranched alkanes of at least 4 members (excludes halogenated alkanes) is 1. The van der Waals surface area contributed by atoms with Crippen molar-refractivity contribution in [2.24, 2.45) is 0 Å². The highest BCUT2D eigenvalue weighted by molar-refractivity contribution is 5.94. The summed E-state index contributed by atoms with van der Waals surface area (Å²) in [5.74, 6) is -0.802. The fraction of sp³-hybridized carbons (Fsp3) is 0.533. The first-order valence-corrected chi connectivity index (χ1v) is 6.94. The van der Waals surface area contributed by atoms with Crippen LogP contribution in [0.3, 0.4) is 0 Å². The minimum absolute atomic E-state index is 0.117. The Balaban J connectivity index is 2.23. The van der Waals surface area contributed by atoms with E-state index >= 15 is 0 Å². The first-order chi connectivity index (χ1) is 9.19. The molecule has 0 spiro atoms. The lowest BCUT2D eigenvalue weighted by molar-refractivity contribution is 0.0948. The van der Waals surface area contributed by atoms with Crippen molar-refractivity contribution in [2.45, 2.75) is 26.7 Å². The van der Waals surface area contributed by atoms with Crippen molar-refractivity contribution in [1.29, 1.82) is 0 Å². The van der Waals surface area contributed by atoms with Crippen LogP contribution >= 0.6 is 0 Å². The Hall–Kier alpha value is -1.42. The van der Waals surface area contributed by atoms with Crippen molar-refractivity contribution in [2.75, 3.05) is 26.2 Å². The lowest BCUT2D eigenvalue weighted by atomic mass is 10.2. The van der Waals surface area contributed by atoms with Crippen LogP contribution in [-0.2, 0) is 0 Å². The number of amides is 1. The Kier molecular flexibility index (Phi) is 7.11. The third kappa shape index (κ3) is 5.39. The summed E-state index contributed by atoms with van der Waals surface area (Å²) in [4.78, 5) is 14.1. The molecule has 19 heavy (non-hydrogen) atoms. The molecular formula is C15H23FN2O. The van der Waals surface area contributed by atoms with E-state index < -0.39 is 5.82 Å². The fourth-order valence-corrected chi connectivity index (χ4v) is 1.94. The van der Waals surface area contributed by atoms with Crippen LogP contribution in [0.1, 0.15) is 37.0 Å². The molecule has 0 fully saturated rings. The average Bonchev–Trinajstić information content (AvgIpc) is 2.43. The van der Waals surface area contributed by atoms with Crippen LogP contribution in [0.15, 0.2) is 24.3 Å². The number of nitrogens with one attached hydrogen (secondary N) is 1. The van der Waals surface area contributed by atoms with Gasteiger partial charge in [0.15, 0.2) is 0 Å². The van der Waals surface area contributed by atoms with Gasteiger partial charge in [0, 0.05) is 6.54 Å². The maximum atomic E-state index is 13.3. The maximum Gasteiger partial charge on any atom is 0.254 e. The van der Waals surface area contributed by atoms with Gasteiger partial charge in [-0.1, -0.05) is 26.0 Å². The monoisotopic (exact) mass is 266 g/mol. The molecule has 0 bridgehead atoms. The van der Waals surface area contributed by atoms with E-state index in [1.54, 1.807) is 12.1 Å². The van der Waals surface area contributed by atoms with Crippen LogP contribution in [0.2, 0.25) is 0 Å². The van der Waals surface area contributed by atoms with Gasteiger partial charge in [0.1, 0.15) is 5.82 Å². The van der Waals surface area contributed by atoms with E-state index in [2.05, 4.69) is 24.1 Å². The zero-order chi connectivity index (χ0) is 14.1. The van der Waals surface area contributed by atoms with Gasteiger partial charge in [-0.05, 0) is 44.6 Å². The van der Waals surface area contributed by atoms with Gasteiger partial charge in [-0.3, -0.25) is 4.79 Å². The Labute approximate surface area is 114 Å². The Morgan fingerprint density at radius 2 is 1.89 bits per heavy atom. The third-order valence-corrected chi connectivity index (χ3v) is 3.20. The van der Waals surface area contributed by atoms with E-state index in [4.69, 9.17) is 0 Å². The van der Waals surface area contributed by atoms with Gasteiger partial charge in [0.05, 0.1) is 5.56 Å². The molecule has 0 saturated heterocycles. The zero-order valence-corrected chi connectivity index (χ0v) is 11.8. The van der Waals surface area contributed by atoms with Crippen LogP contribution in [0.5, 0.6) is 0 Å². The second-order valence-electron chi connectivity index (χ2n) is 4.47. The molecule has 1 aromatic rings. The fourth-order valence-electron chi connectivity index (χ4n) is 1.94. The number of hydrogen-bond donors (Lipinski definition) is 1. The highest BCUT2D eigenvalue weighted by Gasteiger charge is 2.09. The van der Waals surface area contributed by atoms with E-state index in [0.717, 1.165) is 32.5 Å². The van der Waals surface area contributed by atoms with Crippen LogP contribution in [-0.4, -0.2) is 37.0 Å². The predicted octanol–water partition coefficient (Wildman–Crippen LogP) is 2.68. The smallest absolute Gasteiger partial charge is 0.254 e. The number of hydrogen-bond acceptors (Lipinski definition) is 2. The van der Waals surface area contributed by atoms with E-state index in [-0.39, 0.29) is 11.5 Å². The van der Waals surface area contributed by atoms with Gasteiger partial charge < -0.3 is 10.2 Å². The second kappa shape index (κ2) is 8.64. The molecule has 0 saturated carbocycles. The van der Waals surface area contributed by atoms with Gasteiger partial charge in [0.25, 0.3) is 5.91 Å². The largest absolute Gasteiger partial charge is 0.352 e. The first kappa shape index (κ1) is 15.6. The predicted molar refractivity (Wildman–Crippen MR) is 75.8 cm³/mol. The van der Waals surface area contributed by atoms with Gasteiger partial charge in [0.2, 0.25) is 0 Å². The molecule has 1 N–H and O–H groups in total. The molecule has 1 amide bonds. The molecule has 3 nitrogen and oxygen atoms in total. The molecule has 0 heterocycles. The summed E-state index contributed by atoms with van der Waals surface area (Å²) in [7, 11) is 0. The molecule has 1 aromatic carbocycles. The molecule has 0 unspecified atom stereocenters. The average molecular weight is 266 g/mol. The SMILES string of the molecule is CCN(CC)CCCCNC(=O)c1ccccc1F. The Bertz CT molecular complexity index is 391. The highest BCUT2D eigenvalue weighted by Crippen LogP contribution is 2.05. The quantitative estimate of drug-likeness (QED) is 0.734. The summed E-state index contributed by atoms with van der Waals surface area (Å²) in [6, 6.07) is 6.05. The summed E-state index contributed by atoms with van der Waals surface area (Å²) in [5.41, 5.74) is 0.117. The molecule has 1 rings (SSSR count). The molecule has 0 aliphatic rings. The molecule has 0 aliphatic heterocycles. The van der Waals surface area contributed by atoms with Gasteiger partial charge >= 0.3 is 0 Å². The van der Waals surface area contributed by atoms with E-state index in [1.165, 1.54) is 12.1 Å². The molecule has 0 atom stereocenters. The van der Waals surface area contributed by atoms with Crippen molar-refractivity contribution < 1.29 is 9.18 Å². The van der Waals surface area contributed by atoms with Crippen molar-refractivity contribution in [3.8, 4) is 0 Å². The number of benzene rings is 1. The highest BCUT2D eigenvalue weighted by atomic mass is 19.1. The van der Waals surface area contributed by atoms with Crippen molar-refractivity contribution in [3.63, 3.8) is 0 Å². The minimum Gasteiger partial charge on any atom is -0.352 e. The standard InChI is InChI=1S/C15H23FN2O/c1-3-18(4-2)12-8-7-11-17-15(19)13-9-5-6-10-14(13)16/h5-6,9-10H,3-4,7-8,11-12H2,1-2H3,(H,17,19). The van der Waals surface area contributed by atoms with Crippen LogP contribution in [0, 0.1) is 5.82 Å². The van der Waals surface area contributed by atoms with Crippen molar-refractivity contribution >= 4 is 5.91 Å². The summed E-state index contributed by atoms with van der Waals surface area (Å²) in [6.45, 7) is 8.03. The molecule has 106 valence electrons. The zero-order valence-electron chi connectivity index (χ0n) is 11.8. The topological polar surface area (TPSA) is 32.3 Å². The van der Waals surface area contributed by atoms with Gasteiger partial charge in [-0.2, -0.15) is 0 Å². The first-order valence-electron chi connectivity index (χ1n) is 6.94. The van der Waals surface area contributed by atoms with Crippen molar-refractivity contribution in [3.05, 3.63) is 35.6 Å². The maximum absolute atomic E-state index is 13.3. The van der Waals surface area contributed by atoms with E-state index in [0.29, 0.717) is 6.54 Å². The summed E-state index contributed by atoms with van der Waals surface area (Å²) >= 11 is 0. The molecule has 0 aliphatic carbocycles. The normalized spacial score (nSPS) is 10.7. The number of carbonyl (C=O) groups excluding carboxylic acids is 1. The molecular weight excluding hydrogens is 243 g/mol. The van der Waals surface area contributed by atoms with Gasteiger partial charge in [-0.15, -0.1) is 0 Å². The molecule has 0 radical (unpaired) electrons. The summed E-state index contributed by atoms with van der Waals surface area (Å²) in [5, 5.41) is 2.75. The summed E-state index contributed by atoms with van der Waals surface area (Å²) in [6.07, 6.45) is 1.95. The lowest BCUT2D eigenvalue weighted by Crippen LogP contribution is -2.27. The van der Waals surface area contributed by atoms with Gasteiger partial charge in [-0.25, -0.2) is 4.39 Å². The number of halogens is 1. The van der Waals surface area contributed by atoms with Crippen LogP contribution < -0.4 is 5.32 Å². The van der Waals surface area contributed by atoms with Crippen LogP contribution in [0.25, 0.3) is 0 Å². The Morgan fingerprint density at radius 3 is 2.53 bits per heavy atom. The molecule has 0 aromatic heterocycles. The summed E-state index contributed by atoms with van der Waals surface area (Å²) < 4.78 is 13.3. The van der Waals surface area contributed by atoms with Crippen LogP contribution in [0.4, 0.5) is 4.39 Å². The Morgan fingerprint density at radius 1 is 1.21 bits per heavy atom. The lowest BCUT2D eigenvalue weighted by Gasteiger charge is -2.17. The number of nitrogens with zero attached hydrogens (tertiary/aromatic N) is 1. The second-order valence-corrected chi connectivity index (χ2v) is 4.47. The molecule has 4 heteroatoms.